The van der Waals surface area contributed by atoms with Crippen molar-refractivity contribution in [3.8, 4) is 0 Å². The predicted molar refractivity (Wildman–Crippen MR) is 73.4 cm³/mol. The van der Waals surface area contributed by atoms with Gasteiger partial charge in [-0.2, -0.15) is 0 Å². The van der Waals surface area contributed by atoms with Gasteiger partial charge in [-0.3, -0.25) is 0 Å². The van der Waals surface area contributed by atoms with Crippen LogP contribution in [0.2, 0.25) is 0 Å². The third-order valence-corrected chi connectivity index (χ3v) is 4.22. The number of hydrogen-bond acceptors (Lipinski definition) is 3. The van der Waals surface area contributed by atoms with Gasteiger partial charge in [-0.1, -0.05) is 20.3 Å². The highest BCUT2D eigenvalue weighted by molar-refractivity contribution is 4.81. The molecule has 0 atom stereocenters. The van der Waals surface area contributed by atoms with Crippen LogP contribution >= 0.6 is 0 Å². The van der Waals surface area contributed by atoms with Gasteiger partial charge < -0.3 is 15.0 Å². The standard InChI is InChI=1S/C14H30N2O/c1-4-14(2)6-10-16(11-7-14)12-9-15-8-5-13-17-3/h15H,4-13H2,1-3H3. The number of hydrogen-bond donors (Lipinski definition) is 1. The average Bonchev–Trinajstić information content (AvgIpc) is 2.36. The summed E-state index contributed by atoms with van der Waals surface area (Å²) in [5.74, 6) is 0. The number of ether oxygens (including phenoxy) is 1. The van der Waals surface area contributed by atoms with Crippen LogP contribution in [0.5, 0.6) is 0 Å². The summed E-state index contributed by atoms with van der Waals surface area (Å²) in [7, 11) is 1.76. The molecule has 0 radical (unpaired) electrons. The van der Waals surface area contributed by atoms with E-state index in [-0.39, 0.29) is 0 Å². The molecule has 1 rings (SSSR count). The molecule has 17 heavy (non-hydrogen) atoms. The molecule has 1 heterocycles. The molecule has 0 aromatic rings. The molecule has 0 amide bonds. The first-order valence-corrected chi connectivity index (χ1v) is 7.12. The van der Waals surface area contributed by atoms with E-state index in [2.05, 4.69) is 24.1 Å². The van der Waals surface area contributed by atoms with E-state index in [0.29, 0.717) is 5.41 Å². The molecule has 0 spiro atoms. The van der Waals surface area contributed by atoms with E-state index in [1.54, 1.807) is 7.11 Å². The molecular weight excluding hydrogens is 212 g/mol. The van der Waals surface area contributed by atoms with Gasteiger partial charge in [0.05, 0.1) is 0 Å². The second-order valence-electron chi connectivity index (χ2n) is 5.60. The molecule has 3 nitrogen and oxygen atoms in total. The van der Waals surface area contributed by atoms with Crippen molar-refractivity contribution in [1.29, 1.82) is 0 Å². The Morgan fingerprint density at radius 1 is 1.24 bits per heavy atom. The Kier molecular flexibility index (Phi) is 7.09. The lowest BCUT2D eigenvalue weighted by Gasteiger charge is -2.38. The van der Waals surface area contributed by atoms with Crippen LogP contribution in [-0.4, -0.2) is 51.3 Å². The van der Waals surface area contributed by atoms with Crippen LogP contribution in [0.4, 0.5) is 0 Å². The van der Waals surface area contributed by atoms with Crippen LogP contribution in [0.3, 0.4) is 0 Å². The first-order valence-electron chi connectivity index (χ1n) is 7.12. The van der Waals surface area contributed by atoms with E-state index >= 15 is 0 Å². The fourth-order valence-corrected chi connectivity index (χ4v) is 2.37. The SMILES string of the molecule is CCC1(C)CCN(CCNCCCOC)CC1. The maximum absolute atomic E-state index is 5.02. The Hall–Kier alpha value is -0.120. The minimum absolute atomic E-state index is 0.613. The van der Waals surface area contributed by atoms with Crippen LogP contribution in [0.1, 0.15) is 39.5 Å². The van der Waals surface area contributed by atoms with E-state index < -0.39 is 0 Å². The zero-order chi connectivity index (χ0) is 12.6. The molecule has 0 saturated carbocycles. The maximum Gasteiger partial charge on any atom is 0.0474 e. The number of piperidine rings is 1. The summed E-state index contributed by atoms with van der Waals surface area (Å²) in [6.07, 6.45) is 5.18. The summed E-state index contributed by atoms with van der Waals surface area (Å²) >= 11 is 0. The van der Waals surface area contributed by atoms with Crippen LogP contribution < -0.4 is 5.32 Å². The highest BCUT2D eigenvalue weighted by Gasteiger charge is 2.27. The van der Waals surface area contributed by atoms with Gasteiger partial charge in [0.25, 0.3) is 0 Å². The number of rotatable bonds is 8. The molecule has 0 aliphatic carbocycles. The van der Waals surface area contributed by atoms with Crippen molar-refractivity contribution >= 4 is 0 Å². The average molecular weight is 242 g/mol. The molecule has 1 fully saturated rings. The van der Waals surface area contributed by atoms with Crippen LogP contribution in [0, 0.1) is 5.41 Å². The lowest BCUT2D eigenvalue weighted by molar-refractivity contribution is 0.115. The Labute approximate surface area is 107 Å². The first kappa shape index (κ1) is 14.9. The van der Waals surface area contributed by atoms with Crippen molar-refractivity contribution in [3.63, 3.8) is 0 Å². The van der Waals surface area contributed by atoms with E-state index in [4.69, 9.17) is 4.74 Å². The Bertz CT molecular complexity index is 189. The van der Waals surface area contributed by atoms with Crippen LogP contribution in [-0.2, 0) is 4.74 Å². The maximum atomic E-state index is 5.02. The molecule has 0 bridgehead atoms. The van der Waals surface area contributed by atoms with Gasteiger partial charge in [-0.05, 0) is 44.3 Å². The Balaban J connectivity index is 1.99. The fraction of sp³-hybridized carbons (Fsp3) is 1.00. The molecule has 1 N–H and O–H groups in total. The summed E-state index contributed by atoms with van der Waals surface area (Å²) in [5.41, 5.74) is 0.613. The molecule has 0 aromatic heterocycles. The van der Waals surface area contributed by atoms with Crippen molar-refractivity contribution in [2.24, 2.45) is 5.41 Å². The highest BCUT2D eigenvalue weighted by atomic mass is 16.5. The lowest BCUT2D eigenvalue weighted by Crippen LogP contribution is -2.41. The molecule has 0 aromatic carbocycles. The number of nitrogens with one attached hydrogen (secondary N) is 1. The van der Waals surface area contributed by atoms with Gasteiger partial charge in [-0.25, -0.2) is 0 Å². The van der Waals surface area contributed by atoms with Crippen molar-refractivity contribution in [2.45, 2.75) is 39.5 Å². The van der Waals surface area contributed by atoms with E-state index in [0.717, 1.165) is 26.1 Å². The fourth-order valence-electron chi connectivity index (χ4n) is 2.37. The van der Waals surface area contributed by atoms with Crippen molar-refractivity contribution < 1.29 is 4.74 Å². The summed E-state index contributed by atoms with van der Waals surface area (Å²) in [4.78, 5) is 2.60. The van der Waals surface area contributed by atoms with Crippen molar-refractivity contribution in [1.82, 2.24) is 10.2 Å². The van der Waals surface area contributed by atoms with Crippen molar-refractivity contribution in [3.05, 3.63) is 0 Å². The van der Waals surface area contributed by atoms with E-state index in [1.165, 1.54) is 38.9 Å². The van der Waals surface area contributed by atoms with Gasteiger partial charge in [0, 0.05) is 26.8 Å². The summed E-state index contributed by atoms with van der Waals surface area (Å²) in [6, 6.07) is 0. The summed E-state index contributed by atoms with van der Waals surface area (Å²) in [6.45, 7) is 11.6. The molecule has 0 unspecified atom stereocenters. The number of methoxy groups -OCH3 is 1. The molecule has 102 valence electrons. The smallest absolute Gasteiger partial charge is 0.0474 e. The molecule has 1 aliphatic rings. The molecule has 3 heteroatoms. The quantitative estimate of drug-likeness (QED) is 0.660. The van der Waals surface area contributed by atoms with Gasteiger partial charge in [-0.15, -0.1) is 0 Å². The number of likely N-dealkylation sites (tertiary alicyclic amines) is 1. The summed E-state index contributed by atoms with van der Waals surface area (Å²) < 4.78 is 5.02. The van der Waals surface area contributed by atoms with Gasteiger partial charge in [0.15, 0.2) is 0 Å². The lowest BCUT2D eigenvalue weighted by atomic mass is 9.78. The number of nitrogens with zero attached hydrogens (tertiary/aromatic N) is 1. The zero-order valence-corrected chi connectivity index (χ0v) is 11.9. The second-order valence-corrected chi connectivity index (χ2v) is 5.60. The van der Waals surface area contributed by atoms with Crippen LogP contribution in [0.15, 0.2) is 0 Å². The topological polar surface area (TPSA) is 24.5 Å². The molecule has 1 saturated heterocycles. The Morgan fingerprint density at radius 2 is 1.94 bits per heavy atom. The molecule has 1 aliphatic heterocycles. The largest absolute Gasteiger partial charge is 0.385 e. The molecular formula is C14H30N2O. The monoisotopic (exact) mass is 242 g/mol. The predicted octanol–water partition coefficient (Wildman–Crippen LogP) is 2.12. The van der Waals surface area contributed by atoms with E-state index in [9.17, 15) is 0 Å². The van der Waals surface area contributed by atoms with Crippen molar-refractivity contribution in [2.75, 3.05) is 46.4 Å². The highest BCUT2D eigenvalue weighted by Crippen LogP contribution is 2.33. The van der Waals surface area contributed by atoms with Gasteiger partial charge in [0.1, 0.15) is 0 Å². The van der Waals surface area contributed by atoms with Gasteiger partial charge in [0.2, 0.25) is 0 Å². The second kappa shape index (κ2) is 8.06. The third kappa shape index (κ3) is 5.84. The summed E-state index contributed by atoms with van der Waals surface area (Å²) in [5, 5.41) is 3.48. The van der Waals surface area contributed by atoms with Gasteiger partial charge >= 0.3 is 0 Å². The Morgan fingerprint density at radius 3 is 2.53 bits per heavy atom. The third-order valence-electron chi connectivity index (χ3n) is 4.22. The minimum Gasteiger partial charge on any atom is -0.385 e. The first-order chi connectivity index (χ1) is 8.20. The zero-order valence-electron chi connectivity index (χ0n) is 11.9. The van der Waals surface area contributed by atoms with Crippen LogP contribution in [0.25, 0.3) is 0 Å². The normalized spacial score (nSPS) is 20.6. The minimum atomic E-state index is 0.613. The van der Waals surface area contributed by atoms with E-state index in [1.807, 2.05) is 0 Å².